The lowest BCUT2D eigenvalue weighted by Crippen LogP contribution is -2.40. The molecule has 0 saturated carbocycles. The second kappa shape index (κ2) is 8.44. The first-order valence-electron chi connectivity index (χ1n) is 9.39. The number of benzene rings is 2. The number of ether oxygens (including phenoxy) is 1. The summed E-state index contributed by atoms with van der Waals surface area (Å²) >= 11 is 0. The van der Waals surface area contributed by atoms with E-state index in [1.807, 2.05) is 32.0 Å². The summed E-state index contributed by atoms with van der Waals surface area (Å²) in [5.41, 5.74) is 0.712. The van der Waals surface area contributed by atoms with E-state index in [4.69, 9.17) is 9.15 Å². The van der Waals surface area contributed by atoms with Gasteiger partial charge in [0.05, 0.1) is 18.0 Å². The van der Waals surface area contributed by atoms with Gasteiger partial charge in [-0.15, -0.1) is 0 Å². The van der Waals surface area contributed by atoms with Gasteiger partial charge in [0.2, 0.25) is 0 Å². The Balaban J connectivity index is 1.81. The van der Waals surface area contributed by atoms with Gasteiger partial charge in [-0.2, -0.15) is 0 Å². The Morgan fingerprint density at radius 2 is 1.86 bits per heavy atom. The number of hydrogen-bond acceptors (Lipinski definition) is 5. The molecule has 1 heterocycles. The molecule has 0 saturated heterocycles. The summed E-state index contributed by atoms with van der Waals surface area (Å²) in [5.74, 6) is 0.531. The molecule has 0 aliphatic rings. The molecule has 0 unspecified atom stereocenters. The van der Waals surface area contributed by atoms with Crippen molar-refractivity contribution in [3.8, 4) is 5.75 Å². The predicted octanol–water partition coefficient (Wildman–Crippen LogP) is 3.16. The molecule has 1 atom stereocenters. The summed E-state index contributed by atoms with van der Waals surface area (Å²) in [6, 6.07) is 10.6. The van der Waals surface area contributed by atoms with Crippen molar-refractivity contribution in [2.75, 3.05) is 13.2 Å². The number of aliphatic hydroxyl groups excluding tert-OH is 1. The van der Waals surface area contributed by atoms with Crippen LogP contribution in [-0.4, -0.2) is 30.3 Å². The van der Waals surface area contributed by atoms with Gasteiger partial charge in [-0.3, -0.25) is 4.79 Å². The first-order valence-corrected chi connectivity index (χ1v) is 9.39. The summed E-state index contributed by atoms with van der Waals surface area (Å²) in [7, 11) is 0. The molecule has 2 N–H and O–H groups in total. The maximum Gasteiger partial charge on any atom is 0.344 e. The van der Waals surface area contributed by atoms with Crippen molar-refractivity contribution >= 4 is 27.6 Å². The van der Waals surface area contributed by atoms with E-state index in [2.05, 4.69) is 5.32 Å². The molecule has 0 radical (unpaired) electrons. The number of fused-ring (bicyclic) bond motifs is 3. The quantitative estimate of drug-likeness (QED) is 0.483. The second-order valence-electron chi connectivity index (χ2n) is 7.37. The average molecular weight is 383 g/mol. The van der Waals surface area contributed by atoms with Crippen molar-refractivity contribution in [1.29, 1.82) is 0 Å². The molecular weight excluding hydrogens is 358 g/mol. The van der Waals surface area contributed by atoms with Gasteiger partial charge < -0.3 is 19.6 Å². The van der Waals surface area contributed by atoms with Crippen molar-refractivity contribution < 1.29 is 19.1 Å². The van der Waals surface area contributed by atoms with E-state index >= 15 is 0 Å². The monoisotopic (exact) mass is 383 g/mol. The van der Waals surface area contributed by atoms with Crippen LogP contribution >= 0.6 is 0 Å². The Kier molecular flexibility index (Phi) is 5.99. The molecule has 148 valence electrons. The van der Waals surface area contributed by atoms with Crippen LogP contribution in [0.2, 0.25) is 0 Å². The highest BCUT2D eigenvalue weighted by Gasteiger charge is 2.16. The van der Waals surface area contributed by atoms with E-state index in [-0.39, 0.29) is 25.2 Å². The Bertz CT molecular complexity index is 1050. The molecule has 0 spiro atoms. The highest BCUT2D eigenvalue weighted by Crippen LogP contribution is 2.30. The number of amides is 1. The van der Waals surface area contributed by atoms with Crippen LogP contribution in [0.4, 0.5) is 0 Å². The summed E-state index contributed by atoms with van der Waals surface area (Å²) in [6.45, 7) is 5.56. The van der Waals surface area contributed by atoms with Crippen LogP contribution in [0.3, 0.4) is 0 Å². The molecule has 6 nitrogen and oxygen atoms in total. The summed E-state index contributed by atoms with van der Waals surface area (Å²) < 4.78 is 11.2. The molecule has 0 aliphatic heterocycles. The number of hydrogen-bond donors (Lipinski definition) is 2. The number of carbonyl (C=O) groups is 1. The number of rotatable bonds is 7. The molecule has 2 aromatic carbocycles. The molecule has 28 heavy (non-hydrogen) atoms. The van der Waals surface area contributed by atoms with Gasteiger partial charge in [-0.05, 0) is 42.8 Å². The number of carbonyl (C=O) groups excluding carboxylic acids is 1. The van der Waals surface area contributed by atoms with Crippen molar-refractivity contribution in [2.24, 2.45) is 5.92 Å². The van der Waals surface area contributed by atoms with E-state index in [0.29, 0.717) is 34.6 Å². The molecule has 0 aliphatic carbocycles. The first kappa shape index (κ1) is 19.9. The van der Waals surface area contributed by atoms with Crippen molar-refractivity contribution in [3.05, 3.63) is 52.4 Å². The molecule has 1 amide bonds. The predicted molar refractivity (Wildman–Crippen MR) is 109 cm³/mol. The lowest BCUT2D eigenvalue weighted by Gasteiger charge is -2.18. The SMILES string of the molecule is Cc1c(OCC(=O)N[C@@H](CO)CC(C)C)ccc2c1oc(=O)c1ccccc12. The fourth-order valence-electron chi connectivity index (χ4n) is 3.38. The lowest BCUT2D eigenvalue weighted by molar-refractivity contribution is -0.124. The van der Waals surface area contributed by atoms with Crippen LogP contribution in [0, 0.1) is 12.8 Å². The van der Waals surface area contributed by atoms with Crippen LogP contribution in [0.25, 0.3) is 21.7 Å². The maximum absolute atomic E-state index is 12.3. The minimum atomic E-state index is -0.402. The maximum atomic E-state index is 12.3. The largest absolute Gasteiger partial charge is 0.483 e. The third kappa shape index (κ3) is 4.17. The van der Waals surface area contributed by atoms with Gasteiger partial charge in [-0.1, -0.05) is 32.0 Å². The zero-order chi connectivity index (χ0) is 20.3. The Morgan fingerprint density at radius 1 is 1.14 bits per heavy atom. The number of aryl methyl sites for hydroxylation is 1. The molecular formula is C22H25NO5. The normalized spacial score (nSPS) is 12.5. The lowest BCUT2D eigenvalue weighted by atomic mass is 10.0. The summed E-state index contributed by atoms with van der Waals surface area (Å²) in [4.78, 5) is 24.4. The highest BCUT2D eigenvalue weighted by atomic mass is 16.5. The fourth-order valence-corrected chi connectivity index (χ4v) is 3.38. The van der Waals surface area contributed by atoms with Crippen LogP contribution in [0.5, 0.6) is 5.75 Å². The molecule has 0 fully saturated rings. The van der Waals surface area contributed by atoms with E-state index in [1.54, 1.807) is 25.1 Å². The molecule has 0 bridgehead atoms. The van der Waals surface area contributed by atoms with Crippen LogP contribution in [0.15, 0.2) is 45.6 Å². The van der Waals surface area contributed by atoms with E-state index < -0.39 is 5.63 Å². The average Bonchev–Trinajstić information content (AvgIpc) is 2.67. The minimum absolute atomic E-state index is 0.114. The molecule has 3 aromatic rings. The standard InChI is InChI=1S/C22H25NO5/c1-13(2)10-15(11-24)23-20(25)12-27-19-9-8-17-16-6-4-5-7-18(16)22(26)28-21(17)14(19)3/h4-9,13,15,24H,10-12H2,1-3H3,(H,23,25)/t15-/m1/s1. The van der Waals surface area contributed by atoms with Gasteiger partial charge in [0, 0.05) is 10.9 Å². The van der Waals surface area contributed by atoms with E-state index in [9.17, 15) is 14.7 Å². The second-order valence-corrected chi connectivity index (χ2v) is 7.37. The molecule has 1 aromatic heterocycles. The van der Waals surface area contributed by atoms with Crippen LogP contribution < -0.4 is 15.7 Å². The minimum Gasteiger partial charge on any atom is -0.483 e. The number of aliphatic hydroxyl groups is 1. The van der Waals surface area contributed by atoms with Crippen molar-refractivity contribution in [2.45, 2.75) is 33.2 Å². The molecule has 6 heteroatoms. The summed E-state index contributed by atoms with van der Waals surface area (Å²) in [6.07, 6.45) is 0.690. The Labute approximate surface area is 163 Å². The van der Waals surface area contributed by atoms with Crippen molar-refractivity contribution in [1.82, 2.24) is 5.32 Å². The van der Waals surface area contributed by atoms with Gasteiger partial charge in [0.25, 0.3) is 5.91 Å². The van der Waals surface area contributed by atoms with Gasteiger partial charge >= 0.3 is 5.63 Å². The third-order valence-electron chi connectivity index (χ3n) is 4.69. The van der Waals surface area contributed by atoms with Crippen LogP contribution in [0.1, 0.15) is 25.8 Å². The van der Waals surface area contributed by atoms with E-state index in [0.717, 1.165) is 10.8 Å². The Hall–Kier alpha value is -2.86. The smallest absolute Gasteiger partial charge is 0.344 e. The number of nitrogens with one attached hydrogen (secondary N) is 1. The first-order chi connectivity index (χ1) is 13.4. The van der Waals surface area contributed by atoms with Gasteiger partial charge in [0.1, 0.15) is 11.3 Å². The van der Waals surface area contributed by atoms with Crippen LogP contribution in [-0.2, 0) is 4.79 Å². The van der Waals surface area contributed by atoms with Gasteiger partial charge in [0.15, 0.2) is 6.61 Å². The van der Waals surface area contributed by atoms with Gasteiger partial charge in [-0.25, -0.2) is 4.79 Å². The topological polar surface area (TPSA) is 88.8 Å². The fraction of sp³-hybridized carbons (Fsp3) is 0.364. The third-order valence-corrected chi connectivity index (χ3v) is 4.69. The zero-order valence-electron chi connectivity index (χ0n) is 16.3. The Morgan fingerprint density at radius 3 is 2.54 bits per heavy atom. The van der Waals surface area contributed by atoms with Crippen molar-refractivity contribution in [3.63, 3.8) is 0 Å². The zero-order valence-corrected chi connectivity index (χ0v) is 16.3. The summed E-state index contributed by atoms with van der Waals surface area (Å²) in [5, 5.41) is 14.3. The van der Waals surface area contributed by atoms with E-state index in [1.165, 1.54) is 0 Å². The molecule has 3 rings (SSSR count). The highest BCUT2D eigenvalue weighted by molar-refractivity contribution is 6.05.